The van der Waals surface area contributed by atoms with Crippen LogP contribution >= 0.6 is 11.3 Å². The Labute approximate surface area is 241 Å². The van der Waals surface area contributed by atoms with E-state index in [0.29, 0.717) is 54.6 Å². The smallest absolute Gasteiger partial charge is 0.321 e. The molecule has 11 nitrogen and oxygen atoms in total. The maximum atomic E-state index is 12.1. The van der Waals surface area contributed by atoms with Crippen LogP contribution in [0.3, 0.4) is 0 Å². The first-order valence-electron chi connectivity index (χ1n) is 13.4. The molecule has 0 unspecified atom stereocenters. The molecule has 12 heteroatoms. The summed E-state index contributed by atoms with van der Waals surface area (Å²) in [6, 6.07) is 7.26. The molecule has 0 saturated carbocycles. The molecule has 0 bridgehead atoms. The van der Waals surface area contributed by atoms with Crippen LogP contribution in [-0.2, 0) is 10.4 Å². The zero-order chi connectivity index (χ0) is 29.5. The van der Waals surface area contributed by atoms with Crippen LogP contribution in [-0.4, -0.2) is 61.8 Å². The molecular formula is C29H33N7O4S. The zero-order valence-electron chi connectivity index (χ0n) is 23.5. The lowest BCUT2D eigenvalue weighted by molar-refractivity contribution is -0.149. The second-order valence-electron chi connectivity index (χ2n) is 11.1. The van der Waals surface area contributed by atoms with Crippen LogP contribution < -0.4 is 15.5 Å². The second-order valence-corrected chi connectivity index (χ2v) is 12.0. The summed E-state index contributed by atoms with van der Waals surface area (Å²) in [4.78, 5) is 45.6. The lowest BCUT2D eigenvalue weighted by atomic mass is 9.80. The van der Waals surface area contributed by atoms with Crippen molar-refractivity contribution in [2.75, 3.05) is 29.4 Å². The lowest BCUT2D eigenvalue weighted by Crippen LogP contribution is -2.42. The number of aliphatic carboxylic acids is 1. The molecule has 1 fully saturated rings. The number of hydrogen-bond donors (Lipinski definition) is 3. The van der Waals surface area contributed by atoms with Crippen LogP contribution in [0, 0.1) is 5.41 Å². The number of aromatic nitrogens is 4. The van der Waals surface area contributed by atoms with Gasteiger partial charge in [0.2, 0.25) is 0 Å². The third-order valence-electron chi connectivity index (χ3n) is 7.59. The van der Waals surface area contributed by atoms with E-state index in [0.717, 1.165) is 27.1 Å². The van der Waals surface area contributed by atoms with Gasteiger partial charge in [-0.2, -0.15) is 0 Å². The van der Waals surface area contributed by atoms with E-state index in [-0.39, 0.29) is 0 Å². The normalized spacial score (nSPS) is 15.2. The molecule has 0 radical (unpaired) electrons. The van der Waals surface area contributed by atoms with Crippen LogP contribution in [0.5, 0.6) is 0 Å². The third-order valence-corrected chi connectivity index (χ3v) is 8.72. The average Bonchev–Trinajstić information content (AvgIpc) is 3.36. The Balaban J connectivity index is 1.60. The predicted octanol–water partition coefficient (Wildman–Crippen LogP) is 4.64. The number of hydrogen-bond acceptors (Lipinski definition) is 9. The highest BCUT2D eigenvalue weighted by molar-refractivity contribution is 7.23. The van der Waals surface area contributed by atoms with Gasteiger partial charge < -0.3 is 20.8 Å². The summed E-state index contributed by atoms with van der Waals surface area (Å²) in [6.45, 7) is 8.53. The first-order chi connectivity index (χ1) is 19.4. The minimum absolute atomic E-state index is 0.313. The number of nitrogens with zero attached hydrogens (tertiary/aromatic N) is 6. The number of carboxylic acid groups (broad SMARTS) is 1. The highest BCUT2D eigenvalue weighted by Crippen LogP contribution is 2.40. The second kappa shape index (κ2) is 10.7. The molecule has 5 rings (SSSR count). The SMILES string of the molecule is CCN(C(N)=O)c1nc2cc(-c3cnc(C(C)(C)O)nc3)cc(-c3cc(N4CCC(C)(C(=O)O)CC4)ccn3)c2s1. The largest absolute Gasteiger partial charge is 0.481 e. The molecule has 1 aliphatic rings. The highest BCUT2D eigenvalue weighted by Gasteiger charge is 2.37. The van der Waals surface area contributed by atoms with Gasteiger partial charge in [0.05, 0.1) is 21.3 Å². The number of primary amides is 1. The molecule has 1 aromatic carbocycles. The van der Waals surface area contributed by atoms with Gasteiger partial charge in [-0.3, -0.25) is 14.7 Å². The number of nitrogens with two attached hydrogens (primary N) is 1. The minimum atomic E-state index is -1.17. The number of urea groups is 1. The Kier molecular flexibility index (Phi) is 7.39. The van der Waals surface area contributed by atoms with E-state index in [2.05, 4.69) is 14.9 Å². The summed E-state index contributed by atoms with van der Waals surface area (Å²) in [5.41, 5.74) is 8.43. The van der Waals surface area contributed by atoms with Gasteiger partial charge in [-0.25, -0.2) is 19.7 Å². The fourth-order valence-electron chi connectivity index (χ4n) is 4.91. The van der Waals surface area contributed by atoms with Gasteiger partial charge in [0.1, 0.15) is 5.60 Å². The van der Waals surface area contributed by atoms with E-state index in [1.54, 1.807) is 39.4 Å². The van der Waals surface area contributed by atoms with E-state index in [9.17, 15) is 19.8 Å². The number of carboxylic acids is 1. The van der Waals surface area contributed by atoms with E-state index in [4.69, 9.17) is 15.7 Å². The molecule has 214 valence electrons. The van der Waals surface area contributed by atoms with Gasteiger partial charge >= 0.3 is 12.0 Å². The van der Waals surface area contributed by atoms with Gasteiger partial charge in [-0.05, 0) is 70.4 Å². The van der Waals surface area contributed by atoms with E-state index < -0.39 is 23.0 Å². The first-order valence-corrected chi connectivity index (χ1v) is 14.2. The molecule has 1 aliphatic heterocycles. The Morgan fingerprint density at radius 3 is 2.39 bits per heavy atom. The van der Waals surface area contributed by atoms with E-state index in [1.165, 1.54) is 16.2 Å². The number of rotatable bonds is 7. The molecule has 0 spiro atoms. The minimum Gasteiger partial charge on any atom is -0.481 e. The number of anilines is 2. The van der Waals surface area contributed by atoms with Crippen molar-refractivity contribution in [3.8, 4) is 22.4 Å². The molecule has 4 aromatic rings. The Morgan fingerprint density at radius 2 is 1.80 bits per heavy atom. The summed E-state index contributed by atoms with van der Waals surface area (Å²) < 4.78 is 0.847. The number of amides is 2. The number of thiazole rings is 1. The van der Waals surface area contributed by atoms with E-state index in [1.807, 2.05) is 31.2 Å². The molecule has 2 amide bonds. The van der Waals surface area contributed by atoms with Crippen molar-refractivity contribution in [3.05, 3.63) is 48.7 Å². The van der Waals surface area contributed by atoms with Gasteiger partial charge in [0.15, 0.2) is 11.0 Å². The zero-order valence-corrected chi connectivity index (χ0v) is 24.3. The summed E-state index contributed by atoms with van der Waals surface area (Å²) >= 11 is 1.36. The number of carbonyl (C=O) groups is 2. The molecule has 1 saturated heterocycles. The molecule has 3 aromatic heterocycles. The van der Waals surface area contributed by atoms with Crippen molar-refractivity contribution in [2.45, 2.75) is 46.1 Å². The third kappa shape index (κ3) is 5.57. The number of pyridine rings is 1. The predicted molar refractivity (Wildman–Crippen MR) is 159 cm³/mol. The number of benzene rings is 1. The highest BCUT2D eigenvalue weighted by atomic mass is 32.1. The Bertz CT molecular complexity index is 1610. The van der Waals surface area contributed by atoms with Crippen molar-refractivity contribution < 1.29 is 19.8 Å². The standard InChI is InChI=1S/C29H33N7O4S/c1-5-36(26(30)39)27-34-22-13-17(18-15-32-24(33-16-18)28(2,3)40)12-20(23(22)41-27)21-14-19(6-9-31-21)35-10-7-29(4,8-11-35)25(37)38/h6,9,12-16,40H,5,7-8,10-11H2,1-4H3,(H2,30,39)(H,37,38). The maximum Gasteiger partial charge on any atom is 0.321 e. The Hall–Kier alpha value is -4.16. The maximum absolute atomic E-state index is 12.1. The van der Waals surface area contributed by atoms with Crippen molar-refractivity contribution in [1.82, 2.24) is 19.9 Å². The van der Waals surface area contributed by atoms with Crippen molar-refractivity contribution in [3.63, 3.8) is 0 Å². The quantitative estimate of drug-likeness (QED) is 0.285. The number of aliphatic hydroxyl groups is 1. The van der Waals surface area contributed by atoms with Gasteiger partial charge in [0, 0.05) is 55.0 Å². The van der Waals surface area contributed by atoms with Crippen LogP contribution in [0.25, 0.3) is 32.6 Å². The van der Waals surface area contributed by atoms with Crippen molar-refractivity contribution in [1.29, 1.82) is 0 Å². The molecule has 4 N–H and O–H groups in total. The lowest BCUT2D eigenvalue weighted by Gasteiger charge is -2.37. The Morgan fingerprint density at radius 1 is 1.12 bits per heavy atom. The number of carbonyl (C=O) groups excluding carboxylic acids is 1. The number of piperidine rings is 1. The number of fused-ring (bicyclic) bond motifs is 1. The molecule has 41 heavy (non-hydrogen) atoms. The van der Waals surface area contributed by atoms with E-state index >= 15 is 0 Å². The van der Waals surface area contributed by atoms with Crippen molar-refractivity contribution in [2.24, 2.45) is 11.1 Å². The van der Waals surface area contributed by atoms with Crippen LogP contribution in [0.4, 0.5) is 15.6 Å². The molecular weight excluding hydrogens is 542 g/mol. The van der Waals surface area contributed by atoms with Crippen LogP contribution in [0.15, 0.2) is 42.9 Å². The topological polar surface area (TPSA) is 159 Å². The van der Waals surface area contributed by atoms with Crippen molar-refractivity contribution >= 4 is 44.4 Å². The summed E-state index contributed by atoms with van der Waals surface area (Å²) in [7, 11) is 0. The average molecular weight is 576 g/mol. The van der Waals surface area contributed by atoms with Gasteiger partial charge in [0.25, 0.3) is 0 Å². The molecule has 0 aliphatic carbocycles. The first kappa shape index (κ1) is 28.4. The fourth-order valence-corrected chi connectivity index (χ4v) is 6.05. The van der Waals surface area contributed by atoms with Crippen LogP contribution in [0.2, 0.25) is 0 Å². The molecule has 0 atom stereocenters. The molecule has 4 heterocycles. The van der Waals surface area contributed by atoms with Gasteiger partial charge in [-0.15, -0.1) is 0 Å². The van der Waals surface area contributed by atoms with Crippen LogP contribution in [0.1, 0.15) is 46.4 Å². The van der Waals surface area contributed by atoms with Gasteiger partial charge in [-0.1, -0.05) is 11.3 Å². The fraction of sp³-hybridized carbons (Fsp3) is 0.379. The summed E-state index contributed by atoms with van der Waals surface area (Å²) in [6.07, 6.45) is 6.19. The summed E-state index contributed by atoms with van der Waals surface area (Å²) in [5, 5.41) is 20.4. The summed E-state index contributed by atoms with van der Waals surface area (Å²) in [5.74, 6) is -0.446. The monoisotopic (exact) mass is 575 g/mol.